The predicted octanol–water partition coefficient (Wildman–Crippen LogP) is 1.73. The fourth-order valence-corrected chi connectivity index (χ4v) is 3.53. The molecule has 0 amide bonds. The quantitative estimate of drug-likeness (QED) is 0.650. The van der Waals surface area contributed by atoms with E-state index in [1.54, 1.807) is 13.0 Å². The van der Waals surface area contributed by atoms with Gasteiger partial charge in [0.25, 0.3) is 15.6 Å². The lowest BCUT2D eigenvalue weighted by Gasteiger charge is -2.13. The summed E-state index contributed by atoms with van der Waals surface area (Å²) < 4.78 is 27.6. The largest absolute Gasteiger partial charge is 0.478 e. The zero-order valence-electron chi connectivity index (χ0n) is 13.0. The summed E-state index contributed by atoms with van der Waals surface area (Å²) in [4.78, 5) is 28.9. The van der Waals surface area contributed by atoms with Crippen molar-refractivity contribution in [3.63, 3.8) is 0 Å². The van der Waals surface area contributed by atoms with E-state index >= 15 is 0 Å². The van der Waals surface area contributed by atoms with Crippen molar-refractivity contribution in [2.45, 2.75) is 11.8 Å². The molecule has 0 fully saturated rings. The first-order valence-electron chi connectivity index (χ1n) is 7.13. The predicted molar refractivity (Wildman–Crippen MR) is 91.3 cm³/mol. The van der Waals surface area contributed by atoms with Crippen molar-refractivity contribution < 1.29 is 18.3 Å². The fraction of sp³-hybridized carbons (Fsp3) is 0.0625. The van der Waals surface area contributed by atoms with Crippen LogP contribution in [0.1, 0.15) is 15.9 Å². The van der Waals surface area contributed by atoms with E-state index in [1.165, 1.54) is 30.3 Å². The molecule has 0 atom stereocenters. The number of anilines is 1. The number of carboxylic acids is 1. The van der Waals surface area contributed by atoms with Crippen LogP contribution in [0.25, 0.3) is 11.0 Å². The summed E-state index contributed by atoms with van der Waals surface area (Å²) >= 11 is 0. The zero-order valence-corrected chi connectivity index (χ0v) is 13.8. The van der Waals surface area contributed by atoms with Crippen LogP contribution in [0.5, 0.6) is 0 Å². The van der Waals surface area contributed by atoms with Crippen LogP contribution in [0, 0.1) is 6.92 Å². The molecule has 25 heavy (non-hydrogen) atoms. The molecular weight excluding hydrogens is 346 g/mol. The molecule has 2 aromatic carbocycles. The lowest BCUT2D eigenvalue weighted by Crippen LogP contribution is -2.17. The number of nitrogens with one attached hydrogen (secondary N) is 2. The number of aromatic amines is 1. The number of rotatable bonds is 4. The normalized spacial score (nSPS) is 11.4. The maximum Gasteiger partial charge on any atom is 0.337 e. The van der Waals surface area contributed by atoms with E-state index in [-0.39, 0.29) is 16.1 Å². The highest BCUT2D eigenvalue weighted by atomic mass is 32.2. The van der Waals surface area contributed by atoms with Crippen LogP contribution in [-0.2, 0) is 10.0 Å². The molecule has 0 aliphatic carbocycles. The van der Waals surface area contributed by atoms with Gasteiger partial charge in [-0.15, -0.1) is 0 Å². The molecule has 0 spiro atoms. The van der Waals surface area contributed by atoms with Crippen LogP contribution in [-0.4, -0.2) is 29.5 Å². The molecule has 0 radical (unpaired) electrons. The van der Waals surface area contributed by atoms with Gasteiger partial charge in [0.15, 0.2) is 0 Å². The number of fused-ring (bicyclic) bond motifs is 1. The zero-order chi connectivity index (χ0) is 18.2. The number of nitrogens with zero attached hydrogens (tertiary/aromatic N) is 1. The van der Waals surface area contributed by atoms with E-state index in [1.807, 2.05) is 0 Å². The summed E-state index contributed by atoms with van der Waals surface area (Å²) in [7, 11) is -4.04. The third-order valence-corrected chi connectivity index (χ3v) is 4.95. The lowest BCUT2D eigenvalue weighted by atomic mass is 10.1. The minimum Gasteiger partial charge on any atom is -0.478 e. The van der Waals surface area contributed by atoms with Gasteiger partial charge in [0.05, 0.1) is 33.4 Å². The molecule has 0 unspecified atom stereocenters. The Balaban J connectivity index is 2.08. The van der Waals surface area contributed by atoms with E-state index in [0.717, 1.165) is 6.20 Å². The Labute approximate surface area is 142 Å². The fourth-order valence-electron chi connectivity index (χ4n) is 2.36. The van der Waals surface area contributed by atoms with Crippen LogP contribution in [0.3, 0.4) is 0 Å². The van der Waals surface area contributed by atoms with Gasteiger partial charge in [-0.2, -0.15) is 0 Å². The molecule has 128 valence electrons. The first-order valence-corrected chi connectivity index (χ1v) is 8.61. The first kappa shape index (κ1) is 16.7. The number of aromatic nitrogens is 2. The minimum absolute atomic E-state index is 0.00419. The highest BCUT2D eigenvalue weighted by Gasteiger charge is 2.20. The third kappa shape index (κ3) is 3.22. The third-order valence-electron chi connectivity index (χ3n) is 3.60. The number of para-hydroxylation sites is 1. The molecule has 0 aliphatic rings. The number of hydrogen-bond donors (Lipinski definition) is 3. The second-order valence-electron chi connectivity index (χ2n) is 5.33. The van der Waals surface area contributed by atoms with Crippen molar-refractivity contribution in [2.24, 2.45) is 0 Å². The second-order valence-corrected chi connectivity index (χ2v) is 7.02. The molecule has 3 rings (SSSR count). The van der Waals surface area contributed by atoms with Gasteiger partial charge in [0.1, 0.15) is 0 Å². The van der Waals surface area contributed by atoms with Crippen LogP contribution < -0.4 is 10.3 Å². The lowest BCUT2D eigenvalue weighted by molar-refractivity contribution is 0.0698. The number of hydrogen-bond acceptors (Lipinski definition) is 5. The molecule has 9 heteroatoms. The smallest absolute Gasteiger partial charge is 0.337 e. The summed E-state index contributed by atoms with van der Waals surface area (Å²) in [5.74, 6) is -1.24. The maximum absolute atomic E-state index is 12.6. The van der Waals surface area contributed by atoms with E-state index in [0.29, 0.717) is 16.6 Å². The maximum atomic E-state index is 12.6. The molecule has 3 aromatic rings. The number of carboxylic acid groups (broad SMARTS) is 1. The van der Waals surface area contributed by atoms with Crippen molar-refractivity contribution in [3.8, 4) is 0 Å². The van der Waals surface area contributed by atoms with Crippen molar-refractivity contribution in [1.29, 1.82) is 0 Å². The molecule has 0 saturated carbocycles. The van der Waals surface area contributed by atoms with E-state index < -0.39 is 21.6 Å². The van der Waals surface area contributed by atoms with Crippen molar-refractivity contribution in [1.82, 2.24) is 9.97 Å². The molecule has 8 nitrogen and oxygen atoms in total. The summed E-state index contributed by atoms with van der Waals surface area (Å²) in [6.07, 6.45) is 1.05. The number of benzene rings is 2. The topological polar surface area (TPSA) is 129 Å². The van der Waals surface area contributed by atoms with Gasteiger partial charge in [0.2, 0.25) is 0 Å². The monoisotopic (exact) mass is 359 g/mol. The molecule has 0 saturated heterocycles. The Hall–Kier alpha value is -3.20. The van der Waals surface area contributed by atoms with E-state index in [9.17, 15) is 23.1 Å². The van der Waals surface area contributed by atoms with E-state index in [4.69, 9.17) is 0 Å². The average molecular weight is 359 g/mol. The number of aromatic carboxylic acids is 1. The van der Waals surface area contributed by atoms with Gasteiger partial charge in [0, 0.05) is 0 Å². The van der Waals surface area contributed by atoms with Crippen molar-refractivity contribution in [3.05, 3.63) is 64.1 Å². The number of carbonyl (C=O) groups is 1. The summed E-state index contributed by atoms with van der Waals surface area (Å²) in [6, 6.07) is 8.49. The van der Waals surface area contributed by atoms with Crippen LogP contribution >= 0.6 is 0 Å². The number of sulfonamides is 1. The van der Waals surface area contributed by atoms with Crippen molar-refractivity contribution in [2.75, 3.05) is 4.72 Å². The number of H-pyrrole nitrogens is 1. The molecule has 1 aromatic heterocycles. The summed E-state index contributed by atoms with van der Waals surface area (Å²) in [5, 5.41) is 9.25. The highest BCUT2D eigenvalue weighted by Crippen LogP contribution is 2.25. The van der Waals surface area contributed by atoms with Gasteiger partial charge in [-0.3, -0.25) is 9.52 Å². The Morgan fingerprint density at radius 2 is 2.00 bits per heavy atom. The number of aryl methyl sites for hydroxylation is 1. The SMILES string of the molecule is Cc1cccc(C(=O)O)c1NS(=O)(=O)c1ccc2[nH]c(=O)cnc2c1. The van der Waals surface area contributed by atoms with Crippen molar-refractivity contribution >= 4 is 32.7 Å². The van der Waals surface area contributed by atoms with Gasteiger partial charge in [-0.05, 0) is 36.8 Å². The Morgan fingerprint density at radius 1 is 1.24 bits per heavy atom. The summed E-state index contributed by atoms with van der Waals surface area (Å²) in [6.45, 7) is 1.61. The molecule has 0 aliphatic heterocycles. The average Bonchev–Trinajstić information content (AvgIpc) is 2.55. The Bertz CT molecular complexity index is 1150. The highest BCUT2D eigenvalue weighted by molar-refractivity contribution is 7.92. The summed E-state index contributed by atoms with van der Waals surface area (Å²) in [5.41, 5.74) is 0.634. The van der Waals surface area contributed by atoms with Crippen LogP contribution in [0.4, 0.5) is 5.69 Å². The van der Waals surface area contributed by atoms with E-state index in [2.05, 4.69) is 14.7 Å². The molecule has 3 N–H and O–H groups in total. The van der Waals surface area contributed by atoms with Gasteiger partial charge in [-0.25, -0.2) is 18.2 Å². The molecule has 0 bridgehead atoms. The Morgan fingerprint density at radius 3 is 2.72 bits per heavy atom. The van der Waals surface area contributed by atoms with Crippen LogP contribution in [0.15, 0.2) is 52.3 Å². The van der Waals surface area contributed by atoms with Gasteiger partial charge >= 0.3 is 5.97 Å². The molecular formula is C16H13N3O5S. The standard InChI is InChI=1S/C16H13N3O5S/c1-9-3-2-4-11(16(21)22)15(9)19-25(23,24)10-5-6-12-13(7-10)17-8-14(20)18-12/h2-8,19H,1H3,(H,18,20)(H,21,22). The Kier molecular flexibility index (Phi) is 4.01. The van der Waals surface area contributed by atoms with Gasteiger partial charge < -0.3 is 10.1 Å². The first-order chi connectivity index (χ1) is 11.8. The van der Waals surface area contributed by atoms with Crippen LogP contribution in [0.2, 0.25) is 0 Å². The second kappa shape index (κ2) is 6.02. The molecule has 1 heterocycles. The minimum atomic E-state index is -4.04. The van der Waals surface area contributed by atoms with Gasteiger partial charge in [-0.1, -0.05) is 12.1 Å².